The molecular weight excluding hydrogens is 322 g/mol. The molecule has 3 rings (SSSR count). The molecule has 1 aromatic heterocycles. The molecule has 0 bridgehead atoms. The fourth-order valence-corrected chi connectivity index (χ4v) is 4.82. The van der Waals surface area contributed by atoms with Crippen LogP contribution in [0.4, 0.5) is 0 Å². The molecule has 0 amide bonds. The summed E-state index contributed by atoms with van der Waals surface area (Å²) in [5, 5.41) is 0.689. The number of sulfone groups is 1. The van der Waals surface area contributed by atoms with E-state index < -0.39 is 9.84 Å². The number of furan rings is 1. The zero-order chi connectivity index (χ0) is 15.6. The minimum Gasteiger partial charge on any atom is -0.468 e. The number of hydrogen-bond donors (Lipinski definition) is 0. The van der Waals surface area contributed by atoms with Gasteiger partial charge in [-0.1, -0.05) is 23.7 Å². The van der Waals surface area contributed by atoms with Gasteiger partial charge in [0.15, 0.2) is 9.84 Å². The highest BCUT2D eigenvalue weighted by Gasteiger charge is 2.32. The van der Waals surface area contributed by atoms with Crippen molar-refractivity contribution in [3.05, 3.63) is 59.0 Å². The largest absolute Gasteiger partial charge is 0.468 e. The highest BCUT2D eigenvalue weighted by molar-refractivity contribution is 7.91. The molecule has 0 saturated carbocycles. The quantitative estimate of drug-likeness (QED) is 0.839. The lowest BCUT2D eigenvalue weighted by atomic mass is 10.1. The van der Waals surface area contributed by atoms with Gasteiger partial charge in [0.25, 0.3) is 0 Å². The van der Waals surface area contributed by atoms with E-state index >= 15 is 0 Å². The van der Waals surface area contributed by atoms with E-state index in [2.05, 4.69) is 4.90 Å². The maximum atomic E-state index is 11.8. The van der Waals surface area contributed by atoms with Gasteiger partial charge < -0.3 is 4.42 Å². The van der Waals surface area contributed by atoms with Crippen LogP contribution in [0.25, 0.3) is 0 Å². The number of rotatable bonds is 5. The fourth-order valence-electron chi connectivity index (χ4n) is 2.85. The van der Waals surface area contributed by atoms with Crippen LogP contribution in [0.5, 0.6) is 0 Å². The topological polar surface area (TPSA) is 50.5 Å². The van der Waals surface area contributed by atoms with E-state index in [1.807, 2.05) is 36.4 Å². The molecule has 6 heteroatoms. The summed E-state index contributed by atoms with van der Waals surface area (Å²) in [7, 11) is -2.92. The number of hydrogen-bond acceptors (Lipinski definition) is 4. The zero-order valence-electron chi connectivity index (χ0n) is 12.1. The molecule has 118 valence electrons. The van der Waals surface area contributed by atoms with E-state index in [1.165, 1.54) is 0 Å². The summed E-state index contributed by atoms with van der Waals surface area (Å²) >= 11 is 6.04. The summed E-state index contributed by atoms with van der Waals surface area (Å²) < 4.78 is 29.0. The number of halogens is 1. The molecule has 0 aliphatic carbocycles. The van der Waals surface area contributed by atoms with Crippen molar-refractivity contribution in [2.75, 3.05) is 11.5 Å². The summed E-state index contributed by atoms with van der Waals surface area (Å²) in [6.45, 7) is 1.25. The first-order valence-electron chi connectivity index (χ1n) is 7.23. The Labute approximate surface area is 135 Å². The van der Waals surface area contributed by atoms with Crippen LogP contribution in [0.1, 0.15) is 17.7 Å². The van der Waals surface area contributed by atoms with Gasteiger partial charge in [0.2, 0.25) is 0 Å². The van der Waals surface area contributed by atoms with Crippen LogP contribution >= 0.6 is 11.6 Å². The van der Waals surface area contributed by atoms with Crippen LogP contribution in [0, 0.1) is 0 Å². The Morgan fingerprint density at radius 1 is 1.23 bits per heavy atom. The molecule has 4 nitrogen and oxygen atoms in total. The van der Waals surface area contributed by atoms with Crippen molar-refractivity contribution in [1.29, 1.82) is 0 Å². The first kappa shape index (κ1) is 15.6. The van der Waals surface area contributed by atoms with Gasteiger partial charge in [-0.05, 0) is 36.2 Å². The van der Waals surface area contributed by atoms with Crippen LogP contribution < -0.4 is 0 Å². The maximum absolute atomic E-state index is 11.8. The molecule has 0 radical (unpaired) electrons. The average molecular weight is 340 g/mol. The van der Waals surface area contributed by atoms with Crippen molar-refractivity contribution in [3.8, 4) is 0 Å². The SMILES string of the molecule is O=S1(=O)CC[C@H](N(Cc2cccc(Cl)c2)Cc2ccco2)C1. The molecule has 2 aromatic rings. The van der Waals surface area contributed by atoms with Crippen molar-refractivity contribution in [1.82, 2.24) is 4.90 Å². The predicted molar refractivity (Wildman–Crippen MR) is 86.5 cm³/mol. The summed E-state index contributed by atoms with van der Waals surface area (Å²) in [6.07, 6.45) is 2.31. The van der Waals surface area contributed by atoms with Crippen LogP contribution in [-0.4, -0.2) is 30.9 Å². The summed E-state index contributed by atoms with van der Waals surface area (Å²) in [5.74, 6) is 1.32. The van der Waals surface area contributed by atoms with Gasteiger partial charge in [-0.15, -0.1) is 0 Å². The van der Waals surface area contributed by atoms with Gasteiger partial charge in [-0.25, -0.2) is 8.42 Å². The molecule has 1 atom stereocenters. The third-order valence-corrected chi connectivity index (χ3v) is 5.92. The average Bonchev–Trinajstić information content (AvgIpc) is 3.07. The third kappa shape index (κ3) is 3.91. The number of nitrogens with zero attached hydrogens (tertiary/aromatic N) is 1. The monoisotopic (exact) mass is 339 g/mol. The summed E-state index contributed by atoms with van der Waals surface area (Å²) in [4.78, 5) is 2.16. The summed E-state index contributed by atoms with van der Waals surface area (Å²) in [5.41, 5.74) is 1.07. The highest BCUT2D eigenvalue weighted by Crippen LogP contribution is 2.23. The molecule has 0 N–H and O–H groups in total. The Bertz CT molecular complexity index is 728. The lowest BCUT2D eigenvalue weighted by Gasteiger charge is -2.27. The van der Waals surface area contributed by atoms with Crippen molar-refractivity contribution in [3.63, 3.8) is 0 Å². The Morgan fingerprint density at radius 3 is 2.73 bits per heavy atom. The second-order valence-corrected chi connectivity index (χ2v) is 8.34. The van der Waals surface area contributed by atoms with Gasteiger partial charge in [0.1, 0.15) is 5.76 Å². The van der Waals surface area contributed by atoms with Crippen LogP contribution in [0.15, 0.2) is 47.1 Å². The minimum atomic E-state index is -2.92. The molecule has 2 heterocycles. The van der Waals surface area contributed by atoms with E-state index in [9.17, 15) is 8.42 Å². The van der Waals surface area contributed by atoms with Crippen molar-refractivity contribution < 1.29 is 12.8 Å². The van der Waals surface area contributed by atoms with E-state index in [1.54, 1.807) is 6.26 Å². The Hall–Kier alpha value is -1.30. The highest BCUT2D eigenvalue weighted by atomic mass is 35.5. The first-order chi connectivity index (χ1) is 10.5. The standard InChI is InChI=1S/C16H18ClNO3S/c17-14-4-1-3-13(9-14)10-18(11-16-5-2-7-21-16)15-6-8-22(19,20)12-15/h1-5,7,9,15H,6,8,10-12H2/t15-/m0/s1. The molecule has 0 spiro atoms. The van der Waals surface area contributed by atoms with Gasteiger partial charge in [-0.2, -0.15) is 0 Å². The Balaban J connectivity index is 1.79. The Kier molecular flexibility index (Phi) is 4.57. The normalized spacial score (nSPS) is 20.5. The maximum Gasteiger partial charge on any atom is 0.151 e. The van der Waals surface area contributed by atoms with E-state index in [-0.39, 0.29) is 17.5 Å². The molecule has 0 unspecified atom stereocenters. The molecule has 1 aromatic carbocycles. The van der Waals surface area contributed by atoms with Crippen molar-refractivity contribution in [2.24, 2.45) is 0 Å². The molecule has 1 saturated heterocycles. The van der Waals surface area contributed by atoms with Gasteiger partial charge in [-0.3, -0.25) is 4.90 Å². The smallest absolute Gasteiger partial charge is 0.151 e. The number of benzene rings is 1. The molecule has 1 aliphatic heterocycles. The molecule has 22 heavy (non-hydrogen) atoms. The van der Waals surface area contributed by atoms with Gasteiger partial charge in [0.05, 0.1) is 24.3 Å². The van der Waals surface area contributed by atoms with Gasteiger partial charge in [0, 0.05) is 17.6 Å². The van der Waals surface area contributed by atoms with Crippen LogP contribution in [0.2, 0.25) is 5.02 Å². The summed E-state index contributed by atoms with van der Waals surface area (Å²) in [6, 6.07) is 11.4. The second-order valence-electron chi connectivity index (χ2n) is 5.67. The van der Waals surface area contributed by atoms with E-state index in [0.29, 0.717) is 24.5 Å². The van der Waals surface area contributed by atoms with Crippen molar-refractivity contribution >= 4 is 21.4 Å². The van der Waals surface area contributed by atoms with Crippen molar-refractivity contribution in [2.45, 2.75) is 25.6 Å². The van der Waals surface area contributed by atoms with E-state index in [0.717, 1.165) is 11.3 Å². The molecule has 1 aliphatic rings. The lowest BCUT2D eigenvalue weighted by molar-refractivity contribution is 0.179. The lowest BCUT2D eigenvalue weighted by Crippen LogP contribution is -2.35. The zero-order valence-corrected chi connectivity index (χ0v) is 13.7. The molecule has 1 fully saturated rings. The Morgan fingerprint density at radius 2 is 2.09 bits per heavy atom. The van der Waals surface area contributed by atoms with E-state index in [4.69, 9.17) is 16.0 Å². The van der Waals surface area contributed by atoms with Crippen LogP contribution in [-0.2, 0) is 22.9 Å². The fraction of sp³-hybridized carbons (Fsp3) is 0.375. The third-order valence-electron chi connectivity index (χ3n) is 3.94. The van der Waals surface area contributed by atoms with Gasteiger partial charge >= 0.3 is 0 Å². The van der Waals surface area contributed by atoms with Crippen LogP contribution in [0.3, 0.4) is 0 Å². The minimum absolute atomic E-state index is 0.0223. The molecular formula is C16H18ClNO3S. The predicted octanol–water partition coefficient (Wildman–Crippen LogP) is 3.12. The second kappa shape index (κ2) is 6.44. The first-order valence-corrected chi connectivity index (χ1v) is 9.43.